The molecule has 292 valence electrons. The second kappa shape index (κ2) is 12.5. The molecule has 0 fully saturated rings. The predicted molar refractivity (Wildman–Crippen MR) is 265 cm³/mol. The molecule has 4 nitrogen and oxygen atoms in total. The molecule has 0 bridgehead atoms. The highest BCUT2D eigenvalue weighted by Crippen LogP contribution is 2.56. The summed E-state index contributed by atoms with van der Waals surface area (Å²) in [4.78, 5) is 19.7. The molecule has 4 heteroatoms. The van der Waals surface area contributed by atoms with E-state index in [4.69, 9.17) is 19.9 Å². The second-order valence-corrected chi connectivity index (χ2v) is 17.3. The van der Waals surface area contributed by atoms with Gasteiger partial charge in [-0.1, -0.05) is 109 Å². The predicted octanol–water partition coefficient (Wildman–Crippen LogP) is 15.6. The summed E-state index contributed by atoms with van der Waals surface area (Å²) in [5.74, 6) is 1.40. The van der Waals surface area contributed by atoms with Crippen molar-refractivity contribution in [2.45, 2.75) is 0 Å². The van der Waals surface area contributed by atoms with Crippen molar-refractivity contribution < 1.29 is 0 Å². The van der Waals surface area contributed by atoms with Crippen molar-refractivity contribution in [3.8, 4) is 78.4 Å². The van der Waals surface area contributed by atoms with E-state index in [1.165, 1.54) is 98.7 Å². The van der Waals surface area contributed by atoms with Crippen LogP contribution in [0.15, 0.2) is 195 Å². The van der Waals surface area contributed by atoms with Crippen LogP contribution in [0.3, 0.4) is 0 Å². The molecule has 2 aromatic heterocycles. The zero-order valence-electron chi connectivity index (χ0n) is 34.3. The maximum absolute atomic E-state index is 4.92. The Balaban J connectivity index is 1.11. The zero-order valence-corrected chi connectivity index (χ0v) is 34.3. The van der Waals surface area contributed by atoms with Gasteiger partial charge in [-0.2, -0.15) is 0 Å². The summed E-state index contributed by atoms with van der Waals surface area (Å²) >= 11 is 0. The zero-order chi connectivity index (χ0) is 41.6. The molecule has 0 spiro atoms. The van der Waals surface area contributed by atoms with E-state index in [0.717, 1.165) is 43.4 Å². The van der Waals surface area contributed by atoms with Crippen LogP contribution in [0.1, 0.15) is 0 Å². The normalized spacial score (nSPS) is 12.4. The first-order valence-corrected chi connectivity index (χ1v) is 21.8. The van der Waals surface area contributed by atoms with E-state index in [2.05, 4.69) is 158 Å². The standard InChI is InChI=1S/C60H32N4/c1-2-11-33(12-3-1)38-19-20-41-37-16-7-5-14-35(37)26-52-50-29-49-44(30-53(50)57(38)58(41)52)46-32-54(59-61-21-9-22-62-59)48-28-47-42(27-43(48)45(46)31-55(49)60-63-23-10-24-64-60)40-18-8-17-39-36-15-6-4-13-34(36)25-51(47)56(39)40/h1-32H. The largest absolute Gasteiger partial charge is 0.237 e. The molecule has 0 saturated heterocycles. The highest BCUT2D eigenvalue weighted by Gasteiger charge is 2.30. The molecule has 2 aliphatic rings. The molecule has 13 aromatic rings. The lowest BCUT2D eigenvalue weighted by molar-refractivity contribution is 1.18. The van der Waals surface area contributed by atoms with E-state index in [0.29, 0.717) is 11.6 Å². The second-order valence-electron chi connectivity index (χ2n) is 17.3. The Bertz CT molecular complexity index is 4220. The molecular formula is C60H32N4. The van der Waals surface area contributed by atoms with Gasteiger partial charge in [0, 0.05) is 35.9 Å². The molecule has 2 heterocycles. The molecule has 0 aliphatic heterocycles. The maximum Gasteiger partial charge on any atom is 0.159 e. The summed E-state index contributed by atoms with van der Waals surface area (Å²) < 4.78 is 0. The Morgan fingerprint density at radius 1 is 0.234 bits per heavy atom. The van der Waals surface area contributed by atoms with Crippen molar-refractivity contribution in [2.75, 3.05) is 0 Å². The number of nitrogens with zero attached hydrogens (tertiary/aromatic N) is 4. The lowest BCUT2D eigenvalue weighted by Crippen LogP contribution is -1.95. The van der Waals surface area contributed by atoms with Gasteiger partial charge in [0.15, 0.2) is 11.6 Å². The van der Waals surface area contributed by atoms with E-state index in [1.807, 2.05) is 36.9 Å². The van der Waals surface area contributed by atoms with Gasteiger partial charge < -0.3 is 0 Å². The topological polar surface area (TPSA) is 51.6 Å². The summed E-state index contributed by atoms with van der Waals surface area (Å²) in [7, 11) is 0. The summed E-state index contributed by atoms with van der Waals surface area (Å²) in [5, 5.41) is 17.0. The fourth-order valence-corrected chi connectivity index (χ4v) is 11.4. The van der Waals surface area contributed by atoms with E-state index in [9.17, 15) is 0 Å². The van der Waals surface area contributed by atoms with Gasteiger partial charge in [0.1, 0.15) is 0 Å². The first-order valence-electron chi connectivity index (χ1n) is 21.8. The van der Waals surface area contributed by atoms with E-state index < -0.39 is 0 Å². The van der Waals surface area contributed by atoms with E-state index in [1.54, 1.807) is 0 Å². The minimum absolute atomic E-state index is 0.701. The van der Waals surface area contributed by atoms with Crippen LogP contribution in [-0.4, -0.2) is 19.9 Å². The number of hydrogen-bond acceptors (Lipinski definition) is 4. The van der Waals surface area contributed by atoms with Crippen molar-refractivity contribution in [3.63, 3.8) is 0 Å². The highest BCUT2D eigenvalue weighted by atomic mass is 14.9. The first-order chi connectivity index (χ1) is 31.7. The van der Waals surface area contributed by atoms with Gasteiger partial charge in [0.05, 0.1) is 0 Å². The van der Waals surface area contributed by atoms with Crippen molar-refractivity contribution in [2.24, 2.45) is 0 Å². The van der Waals surface area contributed by atoms with Gasteiger partial charge in [-0.15, -0.1) is 0 Å². The van der Waals surface area contributed by atoms with Gasteiger partial charge in [-0.25, -0.2) is 19.9 Å². The smallest absolute Gasteiger partial charge is 0.159 e. The van der Waals surface area contributed by atoms with Crippen LogP contribution in [0, 0.1) is 0 Å². The molecular weight excluding hydrogens is 777 g/mol. The molecule has 0 unspecified atom stereocenters. The van der Waals surface area contributed by atoms with Crippen molar-refractivity contribution in [1.29, 1.82) is 0 Å². The molecule has 11 aromatic carbocycles. The van der Waals surface area contributed by atoms with Crippen molar-refractivity contribution in [1.82, 2.24) is 19.9 Å². The molecule has 0 saturated carbocycles. The van der Waals surface area contributed by atoms with Crippen LogP contribution in [0.5, 0.6) is 0 Å². The molecule has 15 rings (SSSR count). The third-order valence-corrected chi connectivity index (χ3v) is 14.1. The van der Waals surface area contributed by atoms with Gasteiger partial charge >= 0.3 is 0 Å². The summed E-state index contributed by atoms with van der Waals surface area (Å²) in [6.45, 7) is 0. The van der Waals surface area contributed by atoms with Gasteiger partial charge in [0.2, 0.25) is 0 Å². The van der Waals surface area contributed by atoms with E-state index >= 15 is 0 Å². The Hall–Kier alpha value is -8.60. The lowest BCUT2D eigenvalue weighted by Gasteiger charge is -2.18. The van der Waals surface area contributed by atoms with Crippen LogP contribution in [-0.2, 0) is 0 Å². The van der Waals surface area contributed by atoms with Crippen LogP contribution < -0.4 is 0 Å². The van der Waals surface area contributed by atoms with Crippen molar-refractivity contribution >= 4 is 75.4 Å². The summed E-state index contributed by atoms with van der Waals surface area (Å²) in [6, 6.07) is 62.8. The molecule has 64 heavy (non-hydrogen) atoms. The third kappa shape index (κ3) is 4.51. The van der Waals surface area contributed by atoms with E-state index in [-0.39, 0.29) is 0 Å². The molecule has 2 aliphatic carbocycles. The van der Waals surface area contributed by atoms with Crippen LogP contribution in [0.2, 0.25) is 0 Å². The molecule has 0 atom stereocenters. The summed E-state index contributed by atoms with van der Waals surface area (Å²) in [5.41, 5.74) is 14.4. The fourth-order valence-electron chi connectivity index (χ4n) is 11.4. The lowest BCUT2D eigenvalue weighted by atomic mass is 9.86. The number of rotatable bonds is 3. The number of benzene rings is 11. The van der Waals surface area contributed by atoms with Crippen molar-refractivity contribution in [3.05, 3.63) is 195 Å². The molecule has 0 radical (unpaired) electrons. The number of hydrogen-bond donors (Lipinski definition) is 0. The Labute approximate surface area is 366 Å². The van der Waals surface area contributed by atoms with Crippen LogP contribution >= 0.6 is 0 Å². The highest BCUT2D eigenvalue weighted by molar-refractivity contribution is 6.32. The molecule has 0 N–H and O–H groups in total. The fraction of sp³-hybridized carbons (Fsp3) is 0. The Morgan fingerprint density at radius 2 is 0.703 bits per heavy atom. The average Bonchev–Trinajstić information content (AvgIpc) is 3.85. The Kier molecular flexibility index (Phi) is 6.65. The summed E-state index contributed by atoms with van der Waals surface area (Å²) in [6.07, 6.45) is 7.40. The quantitative estimate of drug-likeness (QED) is 0.167. The minimum atomic E-state index is 0.701. The van der Waals surface area contributed by atoms with Gasteiger partial charge in [-0.05, 0) is 192 Å². The Morgan fingerprint density at radius 3 is 1.34 bits per heavy atom. The minimum Gasteiger partial charge on any atom is -0.237 e. The monoisotopic (exact) mass is 808 g/mol. The van der Waals surface area contributed by atoms with Crippen LogP contribution in [0.4, 0.5) is 0 Å². The third-order valence-electron chi connectivity index (χ3n) is 14.1. The SMILES string of the molecule is c1ccc(-c2ccc3c4c(cc5ccccc53)-c3cc5c(-c6ncccn6)cc6c7cc8c(cc7c(-c7ncccn7)cc6c5cc3-c24)-c2cc3ccccc3c3cccc-8c23)cc1. The maximum atomic E-state index is 4.92. The average molecular weight is 809 g/mol. The number of aromatic nitrogens is 4. The molecule has 0 amide bonds. The first kappa shape index (κ1) is 34.0. The van der Waals surface area contributed by atoms with Crippen LogP contribution in [0.25, 0.3) is 154 Å². The van der Waals surface area contributed by atoms with Gasteiger partial charge in [0.25, 0.3) is 0 Å². The van der Waals surface area contributed by atoms with Gasteiger partial charge in [-0.3, -0.25) is 0 Å². The number of fused-ring (bicyclic) bond motifs is 15.